The molecule has 1 heterocycles. The number of nitrogens with one attached hydrogen (secondary N) is 1. The second kappa shape index (κ2) is 3.31. The van der Waals surface area contributed by atoms with Gasteiger partial charge < -0.3 is 9.83 Å². The first-order valence-corrected chi connectivity index (χ1v) is 3.65. The molecular formula is C6H7NO2S. The van der Waals surface area contributed by atoms with Gasteiger partial charge in [-0.25, -0.2) is 0 Å². The molecule has 0 atom stereocenters. The van der Waals surface area contributed by atoms with Crippen LogP contribution in [0.2, 0.25) is 0 Å². The average Bonchev–Trinajstić information content (AvgIpc) is 1.88. The van der Waals surface area contributed by atoms with Gasteiger partial charge >= 0.3 is 5.97 Å². The van der Waals surface area contributed by atoms with Gasteiger partial charge in [-0.3, -0.25) is 4.79 Å². The Balaban J connectivity index is 2.48. The number of carboxylic acids is 1. The Morgan fingerprint density at radius 3 is 3.10 bits per heavy atom. The molecule has 10 heavy (non-hydrogen) atoms. The van der Waals surface area contributed by atoms with E-state index in [1.165, 1.54) is 11.9 Å². The van der Waals surface area contributed by atoms with Crippen molar-refractivity contribution >= 4 is 17.9 Å². The van der Waals surface area contributed by atoms with Gasteiger partial charge in [0.2, 0.25) is 0 Å². The molecule has 0 saturated carbocycles. The van der Waals surface area contributed by atoms with E-state index in [0.717, 1.165) is 5.57 Å². The van der Waals surface area contributed by atoms with Gasteiger partial charge in [-0.1, -0.05) is 0 Å². The summed E-state index contributed by atoms with van der Waals surface area (Å²) in [5, 5.41) is 10.2. The van der Waals surface area contributed by atoms with E-state index in [2.05, 4.69) is 4.72 Å². The van der Waals surface area contributed by atoms with E-state index in [0.29, 0.717) is 0 Å². The first-order valence-electron chi connectivity index (χ1n) is 2.77. The van der Waals surface area contributed by atoms with E-state index in [9.17, 15) is 4.79 Å². The summed E-state index contributed by atoms with van der Waals surface area (Å²) in [6, 6.07) is 0. The van der Waals surface area contributed by atoms with E-state index < -0.39 is 5.97 Å². The van der Waals surface area contributed by atoms with Crippen LogP contribution in [0, 0.1) is 0 Å². The molecule has 0 saturated heterocycles. The third-order valence-electron chi connectivity index (χ3n) is 1.02. The Labute approximate surface area is 62.9 Å². The monoisotopic (exact) mass is 157 g/mol. The summed E-state index contributed by atoms with van der Waals surface area (Å²) >= 11 is 1.43. The van der Waals surface area contributed by atoms with Gasteiger partial charge in [0.25, 0.3) is 0 Å². The van der Waals surface area contributed by atoms with Crippen LogP contribution in [0.3, 0.4) is 0 Å². The molecule has 0 aliphatic carbocycles. The number of aliphatic carboxylic acids is 1. The Morgan fingerprint density at radius 2 is 2.60 bits per heavy atom. The van der Waals surface area contributed by atoms with E-state index in [1.54, 1.807) is 12.3 Å². The molecule has 1 rings (SSSR count). The zero-order valence-corrected chi connectivity index (χ0v) is 6.02. The van der Waals surface area contributed by atoms with Crippen LogP contribution in [0.4, 0.5) is 0 Å². The van der Waals surface area contributed by atoms with Crippen LogP contribution < -0.4 is 4.72 Å². The molecule has 0 fully saturated rings. The molecule has 0 radical (unpaired) electrons. The fourth-order valence-corrected chi connectivity index (χ4v) is 1.14. The smallest absolute Gasteiger partial charge is 0.307 e. The first kappa shape index (κ1) is 7.21. The number of carbonyl (C=O) groups is 1. The summed E-state index contributed by atoms with van der Waals surface area (Å²) in [6.07, 6.45) is 3.57. The van der Waals surface area contributed by atoms with E-state index in [-0.39, 0.29) is 6.42 Å². The van der Waals surface area contributed by atoms with Crippen molar-refractivity contribution in [3.8, 4) is 0 Å². The average molecular weight is 157 g/mol. The molecule has 1 aliphatic rings. The summed E-state index contributed by atoms with van der Waals surface area (Å²) in [5.41, 5.74) is 0.797. The summed E-state index contributed by atoms with van der Waals surface area (Å²) < 4.78 is 2.84. The quantitative estimate of drug-likeness (QED) is 0.589. The van der Waals surface area contributed by atoms with Gasteiger partial charge in [-0.15, -0.1) is 0 Å². The maximum atomic E-state index is 10.2. The minimum atomic E-state index is -0.801. The van der Waals surface area contributed by atoms with Gasteiger partial charge in [0.05, 0.1) is 6.42 Å². The van der Waals surface area contributed by atoms with Crippen molar-refractivity contribution < 1.29 is 9.90 Å². The van der Waals surface area contributed by atoms with Crippen molar-refractivity contribution in [3.05, 3.63) is 23.3 Å². The van der Waals surface area contributed by atoms with Crippen LogP contribution >= 0.6 is 11.9 Å². The van der Waals surface area contributed by atoms with Crippen LogP contribution in [0.1, 0.15) is 6.42 Å². The molecule has 0 spiro atoms. The number of carboxylic acid groups (broad SMARTS) is 1. The second-order valence-electron chi connectivity index (χ2n) is 1.83. The molecular weight excluding hydrogens is 150 g/mol. The molecule has 3 nitrogen and oxygen atoms in total. The Morgan fingerprint density at radius 1 is 1.80 bits per heavy atom. The number of hydrogen-bond donors (Lipinski definition) is 2. The van der Waals surface area contributed by atoms with Crippen molar-refractivity contribution in [3.63, 3.8) is 0 Å². The third-order valence-corrected chi connectivity index (χ3v) is 1.54. The molecule has 0 aromatic carbocycles. The predicted octanol–water partition coefficient (Wildman–Crippen LogP) is 1.11. The highest BCUT2D eigenvalue weighted by Crippen LogP contribution is 2.11. The Kier molecular flexibility index (Phi) is 2.39. The molecule has 2 N–H and O–H groups in total. The summed E-state index contributed by atoms with van der Waals surface area (Å²) in [5.74, 6) is -0.801. The lowest BCUT2D eigenvalue weighted by Gasteiger charge is -2.03. The number of rotatable bonds is 2. The van der Waals surface area contributed by atoms with Gasteiger partial charge in [-0.2, -0.15) is 0 Å². The fourth-order valence-electron chi connectivity index (χ4n) is 0.603. The highest BCUT2D eigenvalue weighted by molar-refractivity contribution is 8.00. The zero-order valence-electron chi connectivity index (χ0n) is 5.20. The maximum absolute atomic E-state index is 10.2. The topological polar surface area (TPSA) is 49.3 Å². The maximum Gasteiger partial charge on any atom is 0.307 e. The lowest BCUT2D eigenvalue weighted by Crippen LogP contribution is -2.01. The number of hydrogen-bond acceptors (Lipinski definition) is 3. The van der Waals surface area contributed by atoms with E-state index >= 15 is 0 Å². The van der Waals surface area contributed by atoms with Gasteiger partial charge in [0.1, 0.15) is 0 Å². The van der Waals surface area contributed by atoms with Crippen LogP contribution in [0.15, 0.2) is 23.3 Å². The summed E-state index contributed by atoms with van der Waals surface area (Å²) in [7, 11) is 0. The number of allylic oxidation sites excluding steroid dienone is 1. The SMILES string of the molecule is O=C(O)CC1=CNSC=C1. The normalized spacial score (nSPS) is 15.8. The summed E-state index contributed by atoms with van der Waals surface area (Å²) in [6.45, 7) is 0. The summed E-state index contributed by atoms with van der Waals surface area (Å²) in [4.78, 5) is 10.2. The zero-order chi connectivity index (χ0) is 7.40. The van der Waals surface area contributed by atoms with Crippen molar-refractivity contribution in [1.29, 1.82) is 0 Å². The van der Waals surface area contributed by atoms with E-state index in [4.69, 9.17) is 5.11 Å². The lowest BCUT2D eigenvalue weighted by atomic mass is 10.2. The predicted molar refractivity (Wildman–Crippen MR) is 40.2 cm³/mol. The largest absolute Gasteiger partial charge is 0.481 e. The van der Waals surface area contributed by atoms with Crippen molar-refractivity contribution in [1.82, 2.24) is 4.72 Å². The van der Waals surface area contributed by atoms with Crippen LogP contribution in [0.25, 0.3) is 0 Å². The van der Waals surface area contributed by atoms with Gasteiger partial charge in [-0.05, 0) is 29.0 Å². The highest BCUT2D eigenvalue weighted by atomic mass is 32.2. The molecule has 0 aromatic heterocycles. The Hall–Kier alpha value is -0.900. The van der Waals surface area contributed by atoms with Crippen molar-refractivity contribution in [2.24, 2.45) is 0 Å². The fraction of sp³-hybridized carbons (Fsp3) is 0.167. The molecule has 0 amide bonds. The van der Waals surface area contributed by atoms with Gasteiger partial charge in [0.15, 0.2) is 0 Å². The first-order chi connectivity index (χ1) is 4.79. The molecule has 0 bridgehead atoms. The second-order valence-corrected chi connectivity index (χ2v) is 2.57. The minimum absolute atomic E-state index is 0.0874. The molecule has 0 aromatic rings. The Bertz CT molecular complexity index is 198. The minimum Gasteiger partial charge on any atom is -0.481 e. The molecule has 1 aliphatic heterocycles. The molecule has 0 unspecified atom stereocenters. The van der Waals surface area contributed by atoms with E-state index in [1.807, 2.05) is 5.41 Å². The third kappa shape index (κ3) is 2.14. The van der Waals surface area contributed by atoms with Crippen LogP contribution in [-0.4, -0.2) is 11.1 Å². The molecule has 4 heteroatoms. The van der Waals surface area contributed by atoms with Crippen molar-refractivity contribution in [2.75, 3.05) is 0 Å². The van der Waals surface area contributed by atoms with Crippen LogP contribution in [0.5, 0.6) is 0 Å². The van der Waals surface area contributed by atoms with Gasteiger partial charge in [0, 0.05) is 6.20 Å². The van der Waals surface area contributed by atoms with Crippen LogP contribution in [-0.2, 0) is 4.79 Å². The standard InChI is InChI=1S/C6H7NO2S/c8-6(9)3-5-1-2-10-7-4-5/h1-2,4,7H,3H2,(H,8,9). The van der Waals surface area contributed by atoms with Crippen molar-refractivity contribution in [2.45, 2.75) is 6.42 Å². The molecule has 54 valence electrons. The highest BCUT2D eigenvalue weighted by Gasteiger charge is 2.01. The lowest BCUT2D eigenvalue weighted by molar-refractivity contribution is -0.136.